The Morgan fingerprint density at radius 1 is 0.932 bits per heavy atom. The number of carbonyl (C=O) groups excluding carboxylic acids is 1. The number of amides is 1. The number of hydrogen-bond acceptors (Lipinski definition) is 4. The minimum Gasteiger partial charge on any atom is -0.496 e. The summed E-state index contributed by atoms with van der Waals surface area (Å²) in [6.45, 7) is 13.6. The van der Waals surface area contributed by atoms with Crippen molar-refractivity contribution in [2.24, 2.45) is 11.8 Å². The lowest BCUT2D eigenvalue weighted by Gasteiger charge is -2.26. The molecule has 0 spiro atoms. The highest BCUT2D eigenvalue weighted by Crippen LogP contribution is 2.40. The van der Waals surface area contributed by atoms with E-state index in [1.165, 1.54) is 24.8 Å². The first-order valence-corrected chi connectivity index (χ1v) is 16.6. The number of ether oxygens (including phenoxy) is 1. The Labute approximate surface area is 268 Å². The molecule has 0 aliphatic carbocycles. The fourth-order valence-electron chi connectivity index (χ4n) is 6.00. The van der Waals surface area contributed by atoms with Crippen LogP contribution in [0.15, 0.2) is 60.8 Å². The number of fused-ring (bicyclic) bond motifs is 1. The summed E-state index contributed by atoms with van der Waals surface area (Å²) in [5, 5.41) is 5.65. The number of benzene rings is 2. The molecular formula is C37H47ClN4O2. The van der Waals surface area contributed by atoms with Crippen LogP contribution in [0, 0.1) is 11.8 Å². The van der Waals surface area contributed by atoms with Crippen molar-refractivity contribution in [3.8, 4) is 28.1 Å². The number of piperidine rings is 1. The zero-order valence-corrected chi connectivity index (χ0v) is 27.7. The van der Waals surface area contributed by atoms with E-state index in [4.69, 9.17) is 21.4 Å². The summed E-state index contributed by atoms with van der Waals surface area (Å²) < 4.78 is 7.63. The molecule has 1 amide bonds. The molecule has 1 aliphatic rings. The zero-order valence-electron chi connectivity index (χ0n) is 27.0. The predicted octanol–water partition coefficient (Wildman–Crippen LogP) is 8.85. The summed E-state index contributed by atoms with van der Waals surface area (Å²) >= 11 is 6.49. The normalized spacial score (nSPS) is 14.1. The SMILES string of the molecule is COc1ccc(Cl)cc1-c1nn2ccc(C(=O)N(CCC(C)C)CCC(C)C)cc2c1-c1ccc(CN2CCCCC2)cc1. The van der Waals surface area contributed by atoms with E-state index in [1.807, 2.05) is 45.9 Å². The zero-order chi connectivity index (χ0) is 31.2. The number of aromatic nitrogens is 2. The molecular weight excluding hydrogens is 568 g/mol. The average molecular weight is 615 g/mol. The third kappa shape index (κ3) is 7.65. The third-order valence-corrected chi connectivity index (χ3v) is 8.87. The van der Waals surface area contributed by atoms with Gasteiger partial charge in [-0.1, -0.05) is 70.0 Å². The van der Waals surface area contributed by atoms with Gasteiger partial charge in [0.05, 0.1) is 12.6 Å². The van der Waals surface area contributed by atoms with Gasteiger partial charge in [0, 0.05) is 47.5 Å². The summed E-state index contributed by atoms with van der Waals surface area (Å²) in [6, 6.07) is 18.3. The second-order valence-electron chi connectivity index (χ2n) is 13.0. The van der Waals surface area contributed by atoms with Crippen LogP contribution < -0.4 is 4.74 Å². The van der Waals surface area contributed by atoms with Crippen molar-refractivity contribution in [1.82, 2.24) is 19.4 Å². The number of hydrogen-bond donors (Lipinski definition) is 0. The number of halogens is 1. The Hall–Kier alpha value is -3.35. The molecule has 1 fully saturated rings. The van der Waals surface area contributed by atoms with Gasteiger partial charge in [0.25, 0.3) is 5.91 Å². The first-order valence-electron chi connectivity index (χ1n) is 16.2. The maximum absolute atomic E-state index is 14.0. The van der Waals surface area contributed by atoms with Gasteiger partial charge < -0.3 is 9.64 Å². The summed E-state index contributed by atoms with van der Waals surface area (Å²) in [5.74, 6) is 1.83. The Balaban J connectivity index is 1.58. The Morgan fingerprint density at radius 2 is 1.61 bits per heavy atom. The lowest BCUT2D eigenvalue weighted by molar-refractivity contribution is 0.0741. The van der Waals surface area contributed by atoms with Crippen LogP contribution in [0.2, 0.25) is 5.02 Å². The lowest BCUT2D eigenvalue weighted by atomic mass is 9.97. The van der Waals surface area contributed by atoms with Gasteiger partial charge in [0.1, 0.15) is 11.4 Å². The number of carbonyl (C=O) groups is 1. The van der Waals surface area contributed by atoms with Crippen LogP contribution >= 0.6 is 11.6 Å². The molecule has 2 aromatic carbocycles. The molecule has 0 saturated carbocycles. The highest BCUT2D eigenvalue weighted by Gasteiger charge is 2.23. The molecule has 44 heavy (non-hydrogen) atoms. The maximum Gasteiger partial charge on any atom is 0.253 e. The Bertz CT molecular complexity index is 1540. The smallest absolute Gasteiger partial charge is 0.253 e. The van der Waals surface area contributed by atoms with Gasteiger partial charge in [-0.25, -0.2) is 4.52 Å². The Morgan fingerprint density at radius 3 is 2.25 bits per heavy atom. The van der Waals surface area contributed by atoms with E-state index in [9.17, 15) is 4.79 Å². The molecule has 3 heterocycles. The fraction of sp³-hybridized carbons (Fsp3) is 0.459. The number of likely N-dealkylation sites (tertiary alicyclic amines) is 1. The Kier molecular flexibility index (Phi) is 10.7. The first-order chi connectivity index (χ1) is 21.2. The molecule has 0 unspecified atom stereocenters. The molecule has 5 rings (SSSR count). The molecule has 4 aromatic rings. The number of rotatable bonds is 12. The van der Waals surface area contributed by atoms with Crippen LogP contribution in [-0.4, -0.2) is 58.6 Å². The van der Waals surface area contributed by atoms with Gasteiger partial charge in [0.15, 0.2) is 0 Å². The molecule has 0 N–H and O–H groups in total. The van der Waals surface area contributed by atoms with Gasteiger partial charge in [-0.15, -0.1) is 0 Å². The van der Waals surface area contributed by atoms with Gasteiger partial charge >= 0.3 is 0 Å². The van der Waals surface area contributed by atoms with Crippen LogP contribution in [-0.2, 0) is 6.54 Å². The van der Waals surface area contributed by atoms with Crippen molar-refractivity contribution in [2.75, 3.05) is 33.3 Å². The van der Waals surface area contributed by atoms with E-state index in [0.717, 1.165) is 73.5 Å². The van der Waals surface area contributed by atoms with Crippen LogP contribution in [0.4, 0.5) is 0 Å². The van der Waals surface area contributed by atoms with Gasteiger partial charge in [-0.05, 0) is 92.1 Å². The number of pyridine rings is 1. The molecule has 6 nitrogen and oxygen atoms in total. The van der Waals surface area contributed by atoms with E-state index in [2.05, 4.69) is 56.9 Å². The van der Waals surface area contributed by atoms with E-state index in [-0.39, 0.29) is 5.91 Å². The van der Waals surface area contributed by atoms with Crippen LogP contribution in [0.5, 0.6) is 5.75 Å². The van der Waals surface area contributed by atoms with Gasteiger partial charge in [-0.2, -0.15) is 5.10 Å². The predicted molar refractivity (Wildman–Crippen MR) is 182 cm³/mol. The minimum atomic E-state index is 0.0692. The second kappa shape index (κ2) is 14.6. The molecule has 0 radical (unpaired) electrons. The highest BCUT2D eigenvalue weighted by atomic mass is 35.5. The summed E-state index contributed by atoms with van der Waals surface area (Å²) in [5.41, 5.74) is 6.45. The quantitative estimate of drug-likeness (QED) is 0.160. The molecule has 0 atom stereocenters. The lowest BCUT2D eigenvalue weighted by Crippen LogP contribution is -2.34. The molecule has 1 saturated heterocycles. The number of methoxy groups -OCH3 is 1. The molecule has 234 valence electrons. The molecule has 7 heteroatoms. The van der Waals surface area contributed by atoms with Crippen molar-refractivity contribution >= 4 is 23.0 Å². The van der Waals surface area contributed by atoms with Crippen LogP contribution in [0.3, 0.4) is 0 Å². The highest BCUT2D eigenvalue weighted by molar-refractivity contribution is 6.31. The molecule has 0 bridgehead atoms. The standard InChI is InChI=1S/C37H47ClN4O2/c1-26(2)15-20-41(21-16-27(3)4)37(43)30-17-22-42-33(23-30)35(36(39-42)32-24-31(38)13-14-34(32)44-5)29-11-9-28(10-12-29)25-40-18-7-6-8-19-40/h9-14,17,22-24,26-27H,6-8,15-16,18-21,25H2,1-5H3. The van der Waals surface area contributed by atoms with Gasteiger partial charge in [-0.3, -0.25) is 9.69 Å². The first kappa shape index (κ1) is 32.1. The average Bonchev–Trinajstić information content (AvgIpc) is 3.40. The van der Waals surface area contributed by atoms with Crippen LogP contribution in [0.1, 0.15) is 75.7 Å². The summed E-state index contributed by atoms with van der Waals surface area (Å²) in [4.78, 5) is 18.5. The maximum atomic E-state index is 14.0. The van der Waals surface area contributed by atoms with Gasteiger partial charge in [0.2, 0.25) is 0 Å². The van der Waals surface area contributed by atoms with Crippen molar-refractivity contribution in [2.45, 2.75) is 66.3 Å². The number of nitrogens with zero attached hydrogens (tertiary/aromatic N) is 4. The van der Waals surface area contributed by atoms with E-state index < -0.39 is 0 Å². The molecule has 1 aliphatic heterocycles. The van der Waals surface area contributed by atoms with Crippen LogP contribution in [0.25, 0.3) is 27.9 Å². The largest absolute Gasteiger partial charge is 0.496 e. The fourth-order valence-corrected chi connectivity index (χ4v) is 6.17. The monoisotopic (exact) mass is 614 g/mol. The topological polar surface area (TPSA) is 50.1 Å². The third-order valence-electron chi connectivity index (χ3n) is 8.64. The van der Waals surface area contributed by atoms with E-state index in [1.54, 1.807) is 7.11 Å². The van der Waals surface area contributed by atoms with Crippen molar-refractivity contribution < 1.29 is 9.53 Å². The summed E-state index contributed by atoms with van der Waals surface area (Å²) in [7, 11) is 1.66. The van der Waals surface area contributed by atoms with E-state index >= 15 is 0 Å². The van der Waals surface area contributed by atoms with Crippen molar-refractivity contribution in [3.05, 3.63) is 76.9 Å². The van der Waals surface area contributed by atoms with Crippen molar-refractivity contribution in [3.63, 3.8) is 0 Å². The van der Waals surface area contributed by atoms with Crippen molar-refractivity contribution in [1.29, 1.82) is 0 Å². The van der Waals surface area contributed by atoms with E-state index in [0.29, 0.717) is 28.2 Å². The summed E-state index contributed by atoms with van der Waals surface area (Å²) in [6.07, 6.45) is 7.74. The molecule has 2 aromatic heterocycles. The second-order valence-corrected chi connectivity index (χ2v) is 13.4. The minimum absolute atomic E-state index is 0.0692.